The molecule has 0 aromatic carbocycles. The minimum absolute atomic E-state index is 0.104. The van der Waals surface area contributed by atoms with Crippen molar-refractivity contribution < 1.29 is 4.74 Å². The van der Waals surface area contributed by atoms with Crippen molar-refractivity contribution in [1.29, 1.82) is 0 Å². The molecule has 0 saturated carbocycles. The summed E-state index contributed by atoms with van der Waals surface area (Å²) >= 11 is 0. The second-order valence-corrected chi connectivity index (χ2v) is 4.89. The first kappa shape index (κ1) is 11.0. The summed E-state index contributed by atoms with van der Waals surface area (Å²) in [6.45, 7) is 10.3. The van der Waals surface area contributed by atoms with E-state index >= 15 is 0 Å². The highest BCUT2D eigenvalue weighted by Crippen LogP contribution is 2.24. The van der Waals surface area contributed by atoms with Crippen molar-refractivity contribution >= 4 is 0 Å². The second-order valence-electron chi connectivity index (χ2n) is 4.89. The van der Waals surface area contributed by atoms with Crippen molar-refractivity contribution in [2.45, 2.75) is 39.2 Å². The van der Waals surface area contributed by atoms with Crippen LogP contribution in [-0.4, -0.2) is 37.2 Å². The topological polar surface area (TPSA) is 12.5 Å². The van der Waals surface area contributed by atoms with E-state index < -0.39 is 0 Å². The molecule has 0 aliphatic carbocycles. The molecule has 1 rings (SSSR count). The molecular weight excluding hydrogens is 162 g/mol. The molecule has 2 nitrogen and oxygen atoms in total. The first-order valence-corrected chi connectivity index (χ1v) is 5.33. The van der Waals surface area contributed by atoms with Crippen molar-refractivity contribution in [3.63, 3.8) is 0 Å². The Morgan fingerprint density at radius 3 is 2.69 bits per heavy atom. The van der Waals surface area contributed by atoms with Gasteiger partial charge in [0, 0.05) is 20.2 Å². The molecule has 1 heterocycles. The van der Waals surface area contributed by atoms with Gasteiger partial charge in [-0.25, -0.2) is 0 Å². The average Bonchev–Trinajstić information content (AvgIpc) is 2.03. The van der Waals surface area contributed by atoms with Crippen LogP contribution in [0.25, 0.3) is 0 Å². The summed E-state index contributed by atoms with van der Waals surface area (Å²) in [4.78, 5) is 2.53. The molecule has 1 aliphatic rings. The van der Waals surface area contributed by atoms with Gasteiger partial charge < -0.3 is 9.64 Å². The van der Waals surface area contributed by atoms with E-state index in [0.29, 0.717) is 0 Å². The third kappa shape index (κ3) is 3.28. The quantitative estimate of drug-likeness (QED) is 0.668. The molecule has 1 saturated heterocycles. The Morgan fingerprint density at radius 1 is 1.46 bits per heavy atom. The number of piperidine rings is 1. The van der Waals surface area contributed by atoms with Gasteiger partial charge in [-0.1, -0.05) is 13.8 Å². The van der Waals surface area contributed by atoms with Crippen LogP contribution < -0.4 is 0 Å². The van der Waals surface area contributed by atoms with Crippen molar-refractivity contribution in [2.75, 3.05) is 26.7 Å². The molecule has 78 valence electrons. The summed E-state index contributed by atoms with van der Waals surface area (Å²) in [5.41, 5.74) is 0.104. The van der Waals surface area contributed by atoms with Crippen LogP contribution >= 0.6 is 0 Å². The van der Waals surface area contributed by atoms with Gasteiger partial charge in [0.15, 0.2) is 0 Å². The molecule has 0 radical (unpaired) electrons. The predicted octanol–water partition coefficient (Wildman–Crippen LogP) is 2.14. The number of nitrogens with zero attached hydrogens (tertiary/aromatic N) is 1. The smallest absolute Gasteiger partial charge is 0.0777 e. The lowest BCUT2D eigenvalue weighted by Gasteiger charge is -2.40. The number of rotatable bonds is 3. The van der Waals surface area contributed by atoms with Gasteiger partial charge in [-0.2, -0.15) is 0 Å². The molecule has 1 unspecified atom stereocenters. The molecular formula is C11H23NO. The van der Waals surface area contributed by atoms with Gasteiger partial charge in [0.2, 0.25) is 0 Å². The Hall–Kier alpha value is -0.0800. The molecule has 13 heavy (non-hydrogen) atoms. The Morgan fingerprint density at radius 2 is 2.15 bits per heavy atom. The Labute approximate surface area is 82.3 Å². The monoisotopic (exact) mass is 185 g/mol. The van der Waals surface area contributed by atoms with Crippen LogP contribution in [0.5, 0.6) is 0 Å². The number of methoxy groups -OCH3 is 1. The predicted molar refractivity (Wildman–Crippen MR) is 55.9 cm³/mol. The summed E-state index contributed by atoms with van der Waals surface area (Å²) in [6, 6.07) is 0. The standard InChI is InChI=1S/C11H23NO/c1-10(2)8-12-7-5-6-11(3,9-12)13-4/h10H,5-9H2,1-4H3. The lowest BCUT2D eigenvalue weighted by Crippen LogP contribution is -2.48. The molecule has 0 N–H and O–H groups in total. The number of likely N-dealkylation sites (tertiary alicyclic amines) is 1. The molecule has 1 atom stereocenters. The van der Waals surface area contributed by atoms with Crippen LogP contribution in [0.3, 0.4) is 0 Å². The van der Waals surface area contributed by atoms with E-state index in [1.54, 1.807) is 0 Å². The Balaban J connectivity index is 2.42. The molecule has 0 bridgehead atoms. The van der Waals surface area contributed by atoms with E-state index in [-0.39, 0.29) is 5.60 Å². The van der Waals surface area contributed by atoms with Crippen LogP contribution in [0.2, 0.25) is 0 Å². The normalized spacial score (nSPS) is 31.2. The fraction of sp³-hybridized carbons (Fsp3) is 1.00. The van der Waals surface area contributed by atoms with Gasteiger partial charge in [-0.15, -0.1) is 0 Å². The maximum absolute atomic E-state index is 5.55. The van der Waals surface area contributed by atoms with Crippen LogP contribution in [0.15, 0.2) is 0 Å². The number of hydrogen-bond donors (Lipinski definition) is 0. The zero-order valence-corrected chi connectivity index (χ0v) is 9.47. The zero-order valence-electron chi connectivity index (χ0n) is 9.47. The number of ether oxygens (including phenoxy) is 1. The van der Waals surface area contributed by atoms with E-state index in [4.69, 9.17) is 4.74 Å². The minimum Gasteiger partial charge on any atom is -0.377 e. The van der Waals surface area contributed by atoms with E-state index in [2.05, 4.69) is 25.7 Å². The van der Waals surface area contributed by atoms with Gasteiger partial charge in [0.25, 0.3) is 0 Å². The lowest BCUT2D eigenvalue weighted by molar-refractivity contribution is -0.0527. The largest absolute Gasteiger partial charge is 0.377 e. The van der Waals surface area contributed by atoms with Crippen molar-refractivity contribution in [3.05, 3.63) is 0 Å². The van der Waals surface area contributed by atoms with Crippen LogP contribution in [0, 0.1) is 5.92 Å². The highest BCUT2D eigenvalue weighted by molar-refractivity contribution is 4.84. The summed E-state index contributed by atoms with van der Waals surface area (Å²) in [6.07, 6.45) is 2.48. The van der Waals surface area contributed by atoms with E-state index in [0.717, 1.165) is 12.5 Å². The summed E-state index contributed by atoms with van der Waals surface area (Å²) < 4.78 is 5.55. The van der Waals surface area contributed by atoms with Gasteiger partial charge in [-0.3, -0.25) is 0 Å². The zero-order chi connectivity index (χ0) is 9.90. The fourth-order valence-electron chi connectivity index (χ4n) is 2.15. The van der Waals surface area contributed by atoms with Gasteiger partial charge in [0.05, 0.1) is 5.60 Å². The lowest BCUT2D eigenvalue weighted by atomic mass is 9.94. The average molecular weight is 185 g/mol. The molecule has 2 heteroatoms. The second kappa shape index (κ2) is 4.43. The Bertz CT molecular complexity index is 158. The molecule has 0 spiro atoms. The summed E-state index contributed by atoms with van der Waals surface area (Å²) in [5, 5.41) is 0. The summed E-state index contributed by atoms with van der Waals surface area (Å²) in [5.74, 6) is 0.763. The maximum atomic E-state index is 5.55. The van der Waals surface area contributed by atoms with E-state index in [9.17, 15) is 0 Å². The van der Waals surface area contributed by atoms with Crippen LogP contribution in [-0.2, 0) is 4.74 Å². The summed E-state index contributed by atoms with van der Waals surface area (Å²) in [7, 11) is 1.83. The van der Waals surface area contributed by atoms with Crippen molar-refractivity contribution in [2.24, 2.45) is 5.92 Å². The molecule has 0 aromatic rings. The van der Waals surface area contributed by atoms with Crippen LogP contribution in [0.1, 0.15) is 33.6 Å². The fourth-order valence-corrected chi connectivity index (χ4v) is 2.15. The first-order chi connectivity index (χ1) is 6.06. The van der Waals surface area contributed by atoms with Crippen molar-refractivity contribution in [3.8, 4) is 0 Å². The number of hydrogen-bond acceptors (Lipinski definition) is 2. The highest BCUT2D eigenvalue weighted by atomic mass is 16.5. The molecule has 1 aliphatic heterocycles. The van der Waals surface area contributed by atoms with Crippen molar-refractivity contribution in [1.82, 2.24) is 4.90 Å². The molecule has 0 amide bonds. The van der Waals surface area contributed by atoms with E-state index in [1.165, 1.54) is 25.9 Å². The SMILES string of the molecule is COC1(C)CCCN(CC(C)C)C1. The van der Waals surface area contributed by atoms with Gasteiger partial charge in [-0.05, 0) is 32.2 Å². The maximum Gasteiger partial charge on any atom is 0.0777 e. The van der Waals surface area contributed by atoms with Gasteiger partial charge >= 0.3 is 0 Å². The molecule has 1 fully saturated rings. The van der Waals surface area contributed by atoms with E-state index in [1.807, 2.05) is 7.11 Å². The van der Waals surface area contributed by atoms with Gasteiger partial charge in [0.1, 0.15) is 0 Å². The first-order valence-electron chi connectivity index (χ1n) is 5.33. The third-order valence-corrected chi connectivity index (χ3v) is 2.85. The third-order valence-electron chi connectivity index (χ3n) is 2.85. The minimum atomic E-state index is 0.104. The Kier molecular flexibility index (Phi) is 3.74. The molecule has 0 aromatic heterocycles. The highest BCUT2D eigenvalue weighted by Gasteiger charge is 2.30. The van der Waals surface area contributed by atoms with Crippen LogP contribution in [0.4, 0.5) is 0 Å².